The molecule has 3 aromatic rings. The lowest BCUT2D eigenvalue weighted by atomic mass is 9.97. The number of likely N-dealkylation sites (tertiary alicyclic amines) is 1. The first kappa shape index (κ1) is 13.5. The minimum Gasteiger partial charge on any atom is -0.449 e. The second-order valence-electron chi connectivity index (χ2n) is 6.07. The first-order valence-electron chi connectivity index (χ1n) is 7.86. The smallest absolute Gasteiger partial charge is 0.191 e. The average molecular weight is 296 g/mol. The molecule has 1 saturated heterocycles. The number of H-pyrrole nitrogens is 1. The van der Waals surface area contributed by atoms with E-state index >= 15 is 0 Å². The Morgan fingerprint density at radius 1 is 1.32 bits per heavy atom. The first-order chi connectivity index (χ1) is 10.8. The number of benzene rings is 1. The number of para-hydroxylation sites is 2. The quantitative estimate of drug-likeness (QED) is 0.806. The van der Waals surface area contributed by atoms with Gasteiger partial charge in [0.15, 0.2) is 5.89 Å². The van der Waals surface area contributed by atoms with E-state index in [9.17, 15) is 0 Å². The fourth-order valence-electron chi connectivity index (χ4n) is 3.30. The number of aryl methyl sites for hydroxylation is 1. The van der Waals surface area contributed by atoms with Gasteiger partial charge in [0.25, 0.3) is 0 Å². The van der Waals surface area contributed by atoms with Crippen LogP contribution < -0.4 is 0 Å². The molecule has 1 aliphatic rings. The fourth-order valence-corrected chi connectivity index (χ4v) is 3.30. The molecule has 114 valence electrons. The number of aromatic nitrogens is 3. The van der Waals surface area contributed by atoms with Gasteiger partial charge in [-0.3, -0.25) is 4.90 Å². The highest BCUT2D eigenvalue weighted by Gasteiger charge is 2.24. The van der Waals surface area contributed by atoms with Crippen LogP contribution in [0.1, 0.15) is 36.2 Å². The van der Waals surface area contributed by atoms with Crippen molar-refractivity contribution in [2.75, 3.05) is 13.1 Å². The molecule has 5 nitrogen and oxygen atoms in total. The summed E-state index contributed by atoms with van der Waals surface area (Å²) in [6.07, 6.45) is 4.15. The van der Waals surface area contributed by atoms with Crippen LogP contribution in [0.25, 0.3) is 11.0 Å². The SMILES string of the molecule is Cc1nc(CN2CCC[C@@H](c3nc4ccccc4[nH]3)C2)co1. The van der Waals surface area contributed by atoms with Crippen LogP contribution in [-0.2, 0) is 6.54 Å². The van der Waals surface area contributed by atoms with Crippen LogP contribution in [0.15, 0.2) is 34.9 Å². The van der Waals surface area contributed by atoms with Gasteiger partial charge in [0.05, 0.1) is 16.7 Å². The second kappa shape index (κ2) is 5.57. The zero-order chi connectivity index (χ0) is 14.9. The Morgan fingerprint density at radius 3 is 3.05 bits per heavy atom. The number of rotatable bonds is 3. The van der Waals surface area contributed by atoms with Gasteiger partial charge in [-0.25, -0.2) is 9.97 Å². The van der Waals surface area contributed by atoms with Gasteiger partial charge < -0.3 is 9.40 Å². The Morgan fingerprint density at radius 2 is 2.23 bits per heavy atom. The monoisotopic (exact) mass is 296 g/mol. The molecule has 1 fully saturated rings. The van der Waals surface area contributed by atoms with E-state index in [2.05, 4.69) is 27.0 Å². The van der Waals surface area contributed by atoms with E-state index in [1.807, 2.05) is 19.1 Å². The van der Waals surface area contributed by atoms with Crippen LogP contribution >= 0.6 is 0 Å². The lowest BCUT2D eigenvalue weighted by Crippen LogP contribution is -2.34. The zero-order valence-corrected chi connectivity index (χ0v) is 12.7. The van der Waals surface area contributed by atoms with Gasteiger partial charge in [0, 0.05) is 25.9 Å². The van der Waals surface area contributed by atoms with Crippen molar-refractivity contribution >= 4 is 11.0 Å². The van der Waals surface area contributed by atoms with Crippen molar-refractivity contribution in [1.82, 2.24) is 19.9 Å². The molecule has 5 heteroatoms. The number of nitrogens with one attached hydrogen (secondary N) is 1. The molecule has 3 heterocycles. The van der Waals surface area contributed by atoms with Crippen molar-refractivity contribution in [1.29, 1.82) is 0 Å². The van der Waals surface area contributed by atoms with Crippen molar-refractivity contribution in [3.8, 4) is 0 Å². The minimum atomic E-state index is 0.467. The molecule has 1 aromatic carbocycles. The third-order valence-corrected chi connectivity index (χ3v) is 4.35. The number of aromatic amines is 1. The summed E-state index contributed by atoms with van der Waals surface area (Å²) in [6.45, 7) is 4.87. The molecule has 0 bridgehead atoms. The topological polar surface area (TPSA) is 58.0 Å². The highest BCUT2D eigenvalue weighted by Crippen LogP contribution is 2.27. The summed E-state index contributed by atoms with van der Waals surface area (Å²) in [5.74, 6) is 2.32. The van der Waals surface area contributed by atoms with Crippen molar-refractivity contribution in [3.05, 3.63) is 47.9 Å². The van der Waals surface area contributed by atoms with Crippen molar-refractivity contribution in [2.24, 2.45) is 0 Å². The van der Waals surface area contributed by atoms with E-state index in [0.29, 0.717) is 5.92 Å². The fraction of sp³-hybridized carbons (Fsp3) is 0.412. The van der Waals surface area contributed by atoms with E-state index in [4.69, 9.17) is 9.40 Å². The summed E-state index contributed by atoms with van der Waals surface area (Å²) < 4.78 is 5.30. The zero-order valence-electron chi connectivity index (χ0n) is 12.7. The highest BCUT2D eigenvalue weighted by atomic mass is 16.3. The largest absolute Gasteiger partial charge is 0.449 e. The summed E-state index contributed by atoms with van der Waals surface area (Å²) in [7, 11) is 0. The predicted molar refractivity (Wildman–Crippen MR) is 84.6 cm³/mol. The standard InChI is InChI=1S/C17H20N4O/c1-12-18-14(11-22-12)10-21-8-4-5-13(9-21)17-19-15-6-2-3-7-16(15)20-17/h2-3,6-7,11,13H,4-5,8-10H2,1H3,(H,19,20)/t13-/m1/s1. The van der Waals surface area contributed by atoms with E-state index in [1.54, 1.807) is 6.26 Å². The van der Waals surface area contributed by atoms with Crippen molar-refractivity contribution < 1.29 is 4.42 Å². The van der Waals surface area contributed by atoms with Crippen LogP contribution in [-0.4, -0.2) is 32.9 Å². The summed E-state index contributed by atoms with van der Waals surface area (Å²) in [6, 6.07) is 8.23. The second-order valence-corrected chi connectivity index (χ2v) is 6.07. The Balaban J connectivity index is 1.50. The number of imidazole rings is 1. The lowest BCUT2D eigenvalue weighted by molar-refractivity contribution is 0.195. The number of oxazole rings is 1. The van der Waals surface area contributed by atoms with Crippen molar-refractivity contribution in [3.63, 3.8) is 0 Å². The Labute approximate surface area is 129 Å². The predicted octanol–water partition coefficient (Wildman–Crippen LogP) is 3.24. The lowest BCUT2D eigenvalue weighted by Gasteiger charge is -2.31. The summed E-state index contributed by atoms with van der Waals surface area (Å²) in [4.78, 5) is 15.1. The summed E-state index contributed by atoms with van der Waals surface area (Å²) in [5, 5.41) is 0. The van der Waals surface area contributed by atoms with Gasteiger partial charge in [0.1, 0.15) is 12.1 Å². The van der Waals surface area contributed by atoms with Gasteiger partial charge in [-0.2, -0.15) is 0 Å². The third-order valence-electron chi connectivity index (χ3n) is 4.35. The molecule has 1 aliphatic heterocycles. The minimum absolute atomic E-state index is 0.467. The maximum atomic E-state index is 5.30. The molecule has 4 rings (SSSR count). The molecule has 0 aliphatic carbocycles. The van der Waals surface area contributed by atoms with Gasteiger partial charge in [-0.05, 0) is 31.5 Å². The number of nitrogens with zero attached hydrogens (tertiary/aromatic N) is 3. The molecule has 1 atom stereocenters. The van der Waals surface area contributed by atoms with Gasteiger partial charge in [-0.15, -0.1) is 0 Å². The van der Waals surface area contributed by atoms with Crippen LogP contribution in [0.4, 0.5) is 0 Å². The molecule has 22 heavy (non-hydrogen) atoms. The van der Waals surface area contributed by atoms with Gasteiger partial charge in [-0.1, -0.05) is 12.1 Å². The molecular weight excluding hydrogens is 276 g/mol. The van der Waals surface area contributed by atoms with E-state index in [-0.39, 0.29) is 0 Å². The molecule has 0 amide bonds. The Kier molecular flexibility index (Phi) is 3.42. The van der Waals surface area contributed by atoms with Gasteiger partial charge >= 0.3 is 0 Å². The van der Waals surface area contributed by atoms with E-state index in [0.717, 1.165) is 48.1 Å². The highest BCUT2D eigenvalue weighted by molar-refractivity contribution is 5.74. The molecule has 1 N–H and O–H groups in total. The summed E-state index contributed by atoms with van der Waals surface area (Å²) in [5.41, 5.74) is 3.20. The first-order valence-corrected chi connectivity index (χ1v) is 7.86. The molecular formula is C17H20N4O. The summed E-state index contributed by atoms with van der Waals surface area (Å²) >= 11 is 0. The van der Waals surface area contributed by atoms with Crippen LogP contribution in [0.3, 0.4) is 0 Å². The average Bonchev–Trinajstić information content (AvgIpc) is 3.13. The third kappa shape index (κ3) is 2.64. The molecule has 0 unspecified atom stereocenters. The van der Waals surface area contributed by atoms with Crippen LogP contribution in [0, 0.1) is 6.92 Å². The van der Waals surface area contributed by atoms with E-state index in [1.165, 1.54) is 12.8 Å². The van der Waals surface area contributed by atoms with Crippen LogP contribution in [0.2, 0.25) is 0 Å². The number of hydrogen-bond donors (Lipinski definition) is 1. The molecule has 2 aromatic heterocycles. The van der Waals surface area contributed by atoms with Crippen molar-refractivity contribution in [2.45, 2.75) is 32.2 Å². The Hall–Kier alpha value is -2.14. The van der Waals surface area contributed by atoms with Gasteiger partial charge in [0.2, 0.25) is 0 Å². The number of piperidine rings is 1. The maximum Gasteiger partial charge on any atom is 0.191 e. The Bertz CT molecular complexity index is 743. The normalized spacial score (nSPS) is 19.8. The maximum absolute atomic E-state index is 5.30. The number of hydrogen-bond acceptors (Lipinski definition) is 4. The van der Waals surface area contributed by atoms with E-state index < -0.39 is 0 Å². The van der Waals surface area contributed by atoms with Crippen LogP contribution in [0.5, 0.6) is 0 Å². The number of fused-ring (bicyclic) bond motifs is 1. The molecule has 0 radical (unpaired) electrons. The molecule has 0 spiro atoms. The molecule has 0 saturated carbocycles.